The fourth-order valence-electron chi connectivity index (χ4n) is 13.6. The number of nitrogens with zero attached hydrogens (tertiary/aromatic N) is 10. The number of alkyl halides is 12. The zero-order valence-electron chi connectivity index (χ0n) is 54.5. The first kappa shape index (κ1) is 73.0. The molecule has 2 saturated carbocycles. The number of carbonyl (C=O) groups excluding carboxylic acids is 2. The van der Waals surface area contributed by atoms with Crippen LogP contribution in [0.15, 0.2) is 57.8 Å². The highest BCUT2D eigenvalue weighted by Crippen LogP contribution is 2.45. The molecule has 2 aliphatic heterocycles. The maximum Gasteiger partial charge on any atom is 0.416 e. The molecule has 0 bridgehead atoms. The number of ether oxygens (including phenoxy) is 2. The summed E-state index contributed by atoms with van der Waals surface area (Å²) in [4.78, 5) is 63.5. The summed E-state index contributed by atoms with van der Waals surface area (Å²) in [5.41, 5.74) is -2.92. The van der Waals surface area contributed by atoms with E-state index in [4.69, 9.17) is 38.5 Å². The summed E-state index contributed by atoms with van der Waals surface area (Å²) >= 11 is 0. The molecule has 31 heteroatoms. The largest absolute Gasteiger partial charge is 0.481 e. The van der Waals surface area contributed by atoms with Gasteiger partial charge >= 0.3 is 42.9 Å². The van der Waals surface area contributed by atoms with E-state index in [-0.39, 0.29) is 50.1 Å². The van der Waals surface area contributed by atoms with Crippen LogP contribution in [0.25, 0.3) is 22.5 Å². The SMILES string of the molecule is CCN(CC1CCC(CC(=O)O)CC1)c1ncc(-c2c(C)noc2C)nc1CN1C(=O)OC(c2cc(C(F)(F)F)cc(C(F)(F)F)c2)[C@@H]1C.CCN(CC1CCC(CCO)CC1)c1ncc(-c2c(C)noc2C)nc1CN1C(=O)OC(c2cc(C(F)(F)F)cc(C(F)(F)F)c2)[C@@H]1C. The van der Waals surface area contributed by atoms with Crippen LogP contribution in [0.4, 0.5) is 73.9 Å². The first-order chi connectivity index (χ1) is 45.6. The molecular weight excluding hydrogens is 1300 g/mol. The van der Waals surface area contributed by atoms with Crippen molar-refractivity contribution in [3.8, 4) is 22.5 Å². The maximum atomic E-state index is 13.6. The van der Waals surface area contributed by atoms with Crippen LogP contribution < -0.4 is 9.80 Å². The average molecular weight is 1380 g/mol. The van der Waals surface area contributed by atoms with Gasteiger partial charge in [-0.2, -0.15) is 52.7 Å². The summed E-state index contributed by atoms with van der Waals surface area (Å²) in [5, 5.41) is 26.5. The molecular formula is C66H76F12N10O9. The molecule has 528 valence electrons. The molecule has 19 nitrogen and oxygen atoms in total. The molecule has 97 heavy (non-hydrogen) atoms. The van der Waals surface area contributed by atoms with Crippen molar-refractivity contribution >= 4 is 29.8 Å². The number of halogens is 12. The molecule has 2 aromatic carbocycles. The topological polar surface area (TPSA) is 227 Å². The molecule has 2 N–H and O–H groups in total. The van der Waals surface area contributed by atoms with Crippen molar-refractivity contribution in [1.82, 2.24) is 40.0 Å². The zero-order chi connectivity index (χ0) is 70.8. The second kappa shape index (κ2) is 29.4. The molecule has 6 aromatic rings. The lowest BCUT2D eigenvalue weighted by atomic mass is 9.80. The monoisotopic (exact) mass is 1380 g/mol. The summed E-state index contributed by atoms with van der Waals surface area (Å²) in [6, 6.07) is 0.465. The lowest BCUT2D eigenvalue weighted by molar-refractivity contribution is -0.144. The van der Waals surface area contributed by atoms with E-state index in [1.807, 2.05) is 18.7 Å². The lowest BCUT2D eigenvalue weighted by Crippen LogP contribution is -2.36. The molecule has 0 spiro atoms. The van der Waals surface area contributed by atoms with Crippen molar-refractivity contribution in [1.29, 1.82) is 0 Å². The maximum absolute atomic E-state index is 13.6. The predicted molar refractivity (Wildman–Crippen MR) is 326 cm³/mol. The first-order valence-corrected chi connectivity index (χ1v) is 32.0. The Morgan fingerprint density at radius 1 is 0.546 bits per heavy atom. The van der Waals surface area contributed by atoms with Crippen molar-refractivity contribution < 1.29 is 95.8 Å². The number of hydrogen-bond acceptors (Lipinski definition) is 16. The van der Waals surface area contributed by atoms with Gasteiger partial charge in [0.2, 0.25) is 0 Å². The van der Waals surface area contributed by atoms with E-state index in [1.165, 1.54) is 23.6 Å². The van der Waals surface area contributed by atoms with Gasteiger partial charge in [0.15, 0.2) is 11.6 Å². The highest BCUT2D eigenvalue weighted by molar-refractivity contribution is 5.73. The first-order valence-electron chi connectivity index (χ1n) is 32.0. The Balaban J connectivity index is 0.000000227. The Bertz CT molecular complexity index is 3660. The Morgan fingerprint density at radius 2 is 0.887 bits per heavy atom. The number of aromatic nitrogens is 6. The smallest absolute Gasteiger partial charge is 0.416 e. The summed E-state index contributed by atoms with van der Waals surface area (Å²) in [6.07, 6.45) is -13.6. The third-order valence-corrected chi connectivity index (χ3v) is 18.8. The average Bonchev–Trinajstić information content (AvgIpc) is 1.69. The molecule has 2 aliphatic carbocycles. The number of hydrogen-bond donors (Lipinski definition) is 2. The van der Waals surface area contributed by atoms with E-state index < -0.39 is 101 Å². The summed E-state index contributed by atoms with van der Waals surface area (Å²) in [6.45, 7) is 15.9. The van der Waals surface area contributed by atoms with Crippen LogP contribution in [0.3, 0.4) is 0 Å². The minimum atomic E-state index is -5.07. The van der Waals surface area contributed by atoms with Crippen LogP contribution in [0.2, 0.25) is 0 Å². The van der Waals surface area contributed by atoms with Crippen molar-refractivity contribution in [3.63, 3.8) is 0 Å². The van der Waals surface area contributed by atoms with Crippen LogP contribution in [-0.2, 0) is 52.1 Å². The standard InChI is InChI=1S/C33H37F6N5O5.C33H39F6N5O4/c1-5-43(15-21-8-6-20(7-9-21)10-27(45)46)30-26(41-25(14-40-30)28-17(2)42-49-19(28)4)16-44-18(3)29(48-31(44)47)22-11-23(32(34,35)36)13-24(12-22)33(37,38)39;1-5-43(16-22-8-6-21(7-9-22)10-11-45)30-27(41-26(15-40-30)28-18(2)42-48-20(28)4)17-44-19(3)29(47-31(44)46)23-12-24(32(34,35)36)14-25(13-23)33(37,38)39/h11-14,18,20-21,29H,5-10,15-16H2,1-4H3,(H,45,46);12-15,19,21-22,29,45H,5-11,16-17H2,1-4H3/t18-,20?,21?,29?;19-,21?,22?,29?/m00/s1. The Labute approximate surface area is 550 Å². The van der Waals surface area contributed by atoms with Gasteiger partial charge in [-0.25, -0.2) is 29.5 Å². The molecule has 4 aromatic heterocycles. The summed E-state index contributed by atoms with van der Waals surface area (Å²) in [7, 11) is 0. The number of rotatable bonds is 20. The van der Waals surface area contributed by atoms with Gasteiger partial charge < -0.3 is 38.5 Å². The van der Waals surface area contributed by atoms with Crippen LogP contribution in [0.5, 0.6) is 0 Å². The van der Waals surface area contributed by atoms with E-state index in [0.29, 0.717) is 131 Å². The van der Waals surface area contributed by atoms with Gasteiger partial charge in [-0.1, -0.05) is 23.2 Å². The van der Waals surface area contributed by atoms with Crippen molar-refractivity contribution in [2.24, 2.45) is 23.7 Å². The number of aliphatic hydroxyl groups is 1. The summed E-state index contributed by atoms with van der Waals surface area (Å²) < 4.78 is 185. The van der Waals surface area contributed by atoms with E-state index in [2.05, 4.69) is 15.2 Å². The second-order valence-corrected chi connectivity index (χ2v) is 25.4. The zero-order valence-corrected chi connectivity index (χ0v) is 54.5. The van der Waals surface area contributed by atoms with Crippen LogP contribution >= 0.6 is 0 Å². The number of aryl methyl sites for hydroxylation is 4. The van der Waals surface area contributed by atoms with Crippen LogP contribution in [0.1, 0.15) is 172 Å². The van der Waals surface area contributed by atoms with Gasteiger partial charge in [-0.3, -0.25) is 14.6 Å². The van der Waals surface area contributed by atoms with Gasteiger partial charge in [0.05, 0.1) is 93.7 Å². The minimum absolute atomic E-state index is 0.0305. The highest BCUT2D eigenvalue weighted by atomic mass is 19.4. The number of carboxylic acid groups (broad SMARTS) is 1. The van der Waals surface area contributed by atoms with Gasteiger partial charge in [-0.15, -0.1) is 0 Å². The molecule has 2 saturated heterocycles. The quantitative estimate of drug-likeness (QED) is 0.0677. The Kier molecular flexibility index (Phi) is 22.2. The molecule has 2 amide bonds. The van der Waals surface area contributed by atoms with Crippen LogP contribution in [-0.4, -0.2) is 113 Å². The van der Waals surface area contributed by atoms with Gasteiger partial charge in [0, 0.05) is 39.2 Å². The molecule has 4 atom stereocenters. The fraction of sp³-hybridized carbons (Fsp3) is 0.561. The Morgan fingerprint density at radius 3 is 1.19 bits per heavy atom. The molecule has 4 fully saturated rings. The van der Waals surface area contributed by atoms with Crippen LogP contribution in [0, 0.1) is 51.4 Å². The number of amides is 2. The molecule has 4 aliphatic rings. The van der Waals surface area contributed by atoms with Crippen molar-refractivity contribution in [2.75, 3.05) is 42.6 Å². The molecule has 10 rings (SSSR count). The van der Waals surface area contributed by atoms with E-state index in [0.717, 1.165) is 57.8 Å². The highest BCUT2D eigenvalue weighted by Gasteiger charge is 2.47. The lowest BCUT2D eigenvalue weighted by Gasteiger charge is -2.33. The number of carboxylic acids is 1. The van der Waals surface area contributed by atoms with E-state index in [1.54, 1.807) is 40.1 Å². The predicted octanol–water partition coefficient (Wildman–Crippen LogP) is 15.9. The summed E-state index contributed by atoms with van der Waals surface area (Å²) in [5.74, 6) is 2.34. The number of carbonyl (C=O) groups is 3. The van der Waals surface area contributed by atoms with E-state index in [9.17, 15) is 77.3 Å². The van der Waals surface area contributed by atoms with E-state index >= 15 is 0 Å². The Hall–Kier alpha value is -8.25. The second-order valence-electron chi connectivity index (χ2n) is 25.4. The third-order valence-electron chi connectivity index (χ3n) is 18.8. The normalized spacial score (nSPS) is 21.7. The van der Waals surface area contributed by atoms with Gasteiger partial charge in [-0.05, 0) is 172 Å². The molecule has 6 heterocycles. The third kappa shape index (κ3) is 17.0. The number of anilines is 2. The molecule has 0 radical (unpaired) electrons. The van der Waals surface area contributed by atoms with Gasteiger partial charge in [0.1, 0.15) is 35.1 Å². The number of aliphatic carboxylic acids is 1. The van der Waals surface area contributed by atoms with Crippen molar-refractivity contribution in [2.45, 2.75) is 182 Å². The minimum Gasteiger partial charge on any atom is -0.481 e. The van der Waals surface area contributed by atoms with Gasteiger partial charge in [0.25, 0.3) is 0 Å². The number of cyclic esters (lactones) is 2. The number of benzene rings is 2. The fourth-order valence-corrected chi connectivity index (χ4v) is 13.6. The number of aliphatic hydroxyl groups excluding tert-OH is 1. The van der Waals surface area contributed by atoms with Crippen molar-refractivity contribution in [3.05, 3.63) is 116 Å². The molecule has 2 unspecified atom stereocenters.